The smallest absolute Gasteiger partial charge is 0.331 e. The van der Waals surface area contributed by atoms with Gasteiger partial charge in [0.05, 0.1) is 6.04 Å². The third-order valence-corrected chi connectivity index (χ3v) is 3.25. The number of phenols is 1. The maximum atomic E-state index is 12.2. The molecule has 0 heterocycles. The average molecular weight is 310 g/mol. The lowest BCUT2D eigenvalue weighted by molar-refractivity contribution is -0.148. The number of hydrogen-bond acceptors (Lipinski definition) is 6. The minimum atomic E-state index is -2.26. The van der Waals surface area contributed by atoms with Crippen molar-refractivity contribution < 1.29 is 29.7 Å². The highest BCUT2D eigenvalue weighted by molar-refractivity contribution is 6.10. The Morgan fingerprint density at radius 1 is 1.14 bits per heavy atom. The van der Waals surface area contributed by atoms with Crippen molar-refractivity contribution in [1.82, 2.24) is 0 Å². The van der Waals surface area contributed by atoms with Gasteiger partial charge in [-0.25, -0.2) is 4.79 Å². The summed E-state index contributed by atoms with van der Waals surface area (Å²) in [4.78, 5) is 34.1. The number of aliphatic carboxylic acids is 2. The Bertz CT molecular complexity index is 571. The summed E-state index contributed by atoms with van der Waals surface area (Å²) in [7, 11) is 0. The van der Waals surface area contributed by atoms with E-state index in [1.807, 2.05) is 0 Å². The van der Waals surface area contributed by atoms with Crippen LogP contribution >= 0.6 is 0 Å². The van der Waals surface area contributed by atoms with E-state index < -0.39 is 29.3 Å². The summed E-state index contributed by atoms with van der Waals surface area (Å²) < 4.78 is 0. The molecule has 0 aliphatic carbocycles. The number of nitrogens with two attached hydrogens (primary N) is 2. The summed E-state index contributed by atoms with van der Waals surface area (Å²) in [6.45, 7) is 0. The van der Waals surface area contributed by atoms with E-state index in [2.05, 4.69) is 0 Å². The van der Waals surface area contributed by atoms with Crippen LogP contribution in [0.2, 0.25) is 0 Å². The molecule has 0 bridgehead atoms. The standard InChI is InChI=1S/C14H18N2O6/c15-10(5-6-11(18)19)12(20)14(16,13(21)22)7-8-1-3-9(17)4-2-8/h1-4,10,17H,5-7,15-16H2,(H,18,19)(H,21,22). The van der Waals surface area contributed by atoms with Crippen molar-refractivity contribution >= 4 is 17.7 Å². The van der Waals surface area contributed by atoms with Crippen molar-refractivity contribution in [2.24, 2.45) is 11.5 Å². The van der Waals surface area contributed by atoms with Gasteiger partial charge in [-0.3, -0.25) is 9.59 Å². The van der Waals surface area contributed by atoms with Gasteiger partial charge in [0, 0.05) is 12.8 Å². The van der Waals surface area contributed by atoms with Gasteiger partial charge >= 0.3 is 11.9 Å². The summed E-state index contributed by atoms with van der Waals surface area (Å²) in [5.41, 5.74) is 9.47. The van der Waals surface area contributed by atoms with Gasteiger partial charge in [-0.05, 0) is 24.1 Å². The van der Waals surface area contributed by atoms with Crippen LogP contribution in [0.15, 0.2) is 24.3 Å². The largest absolute Gasteiger partial charge is 0.508 e. The molecule has 0 aliphatic rings. The van der Waals surface area contributed by atoms with Gasteiger partial charge in [0.15, 0.2) is 11.3 Å². The maximum Gasteiger partial charge on any atom is 0.331 e. The second kappa shape index (κ2) is 7.01. The first-order chi connectivity index (χ1) is 10.2. The molecule has 1 aromatic carbocycles. The Hall–Kier alpha value is -2.45. The third kappa shape index (κ3) is 4.27. The second-order valence-corrected chi connectivity index (χ2v) is 5.02. The minimum Gasteiger partial charge on any atom is -0.508 e. The van der Waals surface area contributed by atoms with E-state index in [1.54, 1.807) is 0 Å². The number of phenolic OH excluding ortho intramolecular Hbond substituents is 1. The summed E-state index contributed by atoms with van der Waals surface area (Å²) in [6, 6.07) is 4.28. The fraction of sp³-hybridized carbons (Fsp3) is 0.357. The van der Waals surface area contributed by atoms with Crippen molar-refractivity contribution in [3.63, 3.8) is 0 Å². The number of aromatic hydroxyl groups is 1. The third-order valence-electron chi connectivity index (χ3n) is 3.25. The van der Waals surface area contributed by atoms with Gasteiger partial charge in [0.25, 0.3) is 0 Å². The van der Waals surface area contributed by atoms with E-state index in [9.17, 15) is 24.6 Å². The summed E-state index contributed by atoms with van der Waals surface area (Å²) in [5, 5.41) is 27.1. The number of carboxylic acids is 2. The van der Waals surface area contributed by atoms with E-state index in [0.29, 0.717) is 5.56 Å². The van der Waals surface area contributed by atoms with Crippen molar-refractivity contribution in [1.29, 1.82) is 0 Å². The normalized spacial score (nSPS) is 14.8. The number of rotatable bonds is 8. The number of benzene rings is 1. The molecule has 2 atom stereocenters. The maximum absolute atomic E-state index is 12.2. The lowest BCUT2D eigenvalue weighted by Gasteiger charge is -2.26. The van der Waals surface area contributed by atoms with Crippen LogP contribution in [-0.4, -0.2) is 44.6 Å². The summed E-state index contributed by atoms with van der Waals surface area (Å²) in [6.07, 6.45) is -0.875. The molecular weight excluding hydrogens is 292 g/mol. The second-order valence-electron chi connectivity index (χ2n) is 5.02. The van der Waals surface area contributed by atoms with Crippen molar-refractivity contribution in [2.45, 2.75) is 30.8 Å². The first-order valence-corrected chi connectivity index (χ1v) is 6.48. The summed E-state index contributed by atoms with van der Waals surface area (Å²) in [5.74, 6) is -3.63. The molecule has 0 saturated carbocycles. The van der Waals surface area contributed by atoms with Gasteiger partial charge in [-0.1, -0.05) is 12.1 Å². The van der Waals surface area contributed by atoms with Crippen LogP contribution in [0.1, 0.15) is 18.4 Å². The predicted molar refractivity (Wildman–Crippen MR) is 76.2 cm³/mol. The van der Waals surface area contributed by atoms with Gasteiger partial charge in [-0.15, -0.1) is 0 Å². The van der Waals surface area contributed by atoms with Gasteiger partial charge < -0.3 is 26.8 Å². The average Bonchev–Trinajstić information content (AvgIpc) is 2.46. The molecule has 8 nitrogen and oxygen atoms in total. The summed E-state index contributed by atoms with van der Waals surface area (Å²) >= 11 is 0. The molecule has 120 valence electrons. The van der Waals surface area contributed by atoms with Gasteiger partial charge in [0.2, 0.25) is 0 Å². The van der Waals surface area contributed by atoms with E-state index in [-0.39, 0.29) is 25.0 Å². The minimum absolute atomic E-state index is 0.00816. The topological polar surface area (TPSA) is 164 Å². The van der Waals surface area contributed by atoms with Gasteiger partial charge in [0.1, 0.15) is 5.75 Å². The monoisotopic (exact) mass is 310 g/mol. The SMILES string of the molecule is NC(CCC(=O)O)C(=O)C(N)(Cc1ccc(O)cc1)C(=O)O. The molecule has 0 aromatic heterocycles. The fourth-order valence-electron chi connectivity index (χ4n) is 1.94. The number of hydrogen-bond donors (Lipinski definition) is 5. The highest BCUT2D eigenvalue weighted by atomic mass is 16.4. The lowest BCUT2D eigenvalue weighted by atomic mass is 9.83. The molecule has 1 aromatic rings. The molecule has 0 radical (unpaired) electrons. The fourth-order valence-corrected chi connectivity index (χ4v) is 1.94. The van der Waals surface area contributed by atoms with Gasteiger partial charge in [-0.2, -0.15) is 0 Å². The van der Waals surface area contributed by atoms with E-state index in [0.717, 1.165) is 0 Å². The van der Waals surface area contributed by atoms with Crippen LogP contribution in [0.5, 0.6) is 5.75 Å². The molecule has 0 saturated heterocycles. The zero-order valence-corrected chi connectivity index (χ0v) is 11.7. The van der Waals surface area contributed by atoms with Crippen molar-refractivity contribution in [2.75, 3.05) is 0 Å². The predicted octanol–water partition coefficient (Wildman–Crippen LogP) is -0.522. The van der Waals surface area contributed by atoms with Crippen LogP contribution < -0.4 is 11.5 Å². The van der Waals surface area contributed by atoms with E-state index >= 15 is 0 Å². The molecule has 0 amide bonds. The van der Waals surface area contributed by atoms with Crippen molar-refractivity contribution in [3.05, 3.63) is 29.8 Å². The number of carboxylic acid groups (broad SMARTS) is 2. The number of Topliss-reactive ketones (excluding diaryl/α,β-unsaturated/α-hetero) is 1. The van der Waals surface area contributed by atoms with Crippen LogP contribution in [0, 0.1) is 0 Å². The van der Waals surface area contributed by atoms with E-state index in [4.69, 9.17) is 16.6 Å². The number of carbonyl (C=O) groups excluding carboxylic acids is 1. The van der Waals surface area contributed by atoms with Crippen LogP contribution in [0.4, 0.5) is 0 Å². The molecule has 2 unspecified atom stereocenters. The molecule has 7 N–H and O–H groups in total. The molecule has 22 heavy (non-hydrogen) atoms. The molecule has 0 aliphatic heterocycles. The lowest BCUT2D eigenvalue weighted by Crippen LogP contribution is -2.61. The Morgan fingerprint density at radius 3 is 2.14 bits per heavy atom. The van der Waals surface area contributed by atoms with Crippen LogP contribution in [-0.2, 0) is 20.8 Å². The highest BCUT2D eigenvalue weighted by Crippen LogP contribution is 2.18. The van der Waals surface area contributed by atoms with Crippen LogP contribution in [0.3, 0.4) is 0 Å². The highest BCUT2D eigenvalue weighted by Gasteiger charge is 2.44. The zero-order valence-electron chi connectivity index (χ0n) is 11.7. The van der Waals surface area contributed by atoms with Crippen molar-refractivity contribution in [3.8, 4) is 5.75 Å². The molecule has 0 spiro atoms. The number of ketones is 1. The van der Waals surface area contributed by atoms with Crippen LogP contribution in [0.25, 0.3) is 0 Å². The first-order valence-electron chi connectivity index (χ1n) is 6.48. The Labute approximate surface area is 126 Å². The first kappa shape index (κ1) is 17.6. The quantitative estimate of drug-likeness (QED) is 0.400. The molecule has 0 fully saturated rings. The van der Waals surface area contributed by atoms with E-state index in [1.165, 1.54) is 24.3 Å². The molecule has 1 rings (SSSR count). The molecule has 8 heteroatoms. The number of carbonyl (C=O) groups is 3. The Balaban J connectivity index is 2.94. The zero-order chi connectivity index (χ0) is 16.9. The Morgan fingerprint density at radius 2 is 1.68 bits per heavy atom. The Kier molecular flexibility index (Phi) is 5.61. The molecular formula is C14H18N2O6.